The predicted molar refractivity (Wildman–Crippen MR) is 466 cm³/mol. The maximum absolute atomic E-state index is 10.0. The van der Waals surface area contributed by atoms with Gasteiger partial charge in [0, 0.05) is 68.6 Å². The van der Waals surface area contributed by atoms with E-state index in [1.807, 2.05) is 133 Å². The fraction of sp³-hybridized carbons (Fsp3) is 0.0435. The number of aromatic amines is 2. The highest BCUT2D eigenvalue weighted by Crippen LogP contribution is 2.54. The number of hydrogen-bond donors (Lipinski definition) is 12. The van der Waals surface area contributed by atoms with Gasteiger partial charge in [-0.3, -0.25) is 0 Å². The number of nitrogens with zero attached hydrogens (tertiary/aromatic N) is 6. The molecule has 21 rings (SSSR count). The third-order valence-corrected chi connectivity index (χ3v) is 22.9. The number of benzene rings is 8. The molecule has 20 nitrogen and oxygen atoms in total. The molecule has 8 aromatic carbocycles. The van der Waals surface area contributed by atoms with Gasteiger partial charge >= 0.3 is 49.8 Å². The van der Waals surface area contributed by atoms with Crippen molar-refractivity contribution in [2.24, 2.45) is 0 Å². The Morgan fingerprint density at radius 1 is 0.322 bits per heavy atom. The number of nitrogens with one attached hydrogen (secondary N) is 2. The second-order valence-corrected chi connectivity index (χ2v) is 29.6. The molecule has 8 aliphatic heterocycles. The van der Waals surface area contributed by atoms with E-state index >= 15 is 0 Å². The van der Waals surface area contributed by atoms with E-state index in [-0.39, 0.29) is 7.43 Å². The van der Waals surface area contributed by atoms with Crippen LogP contribution in [0.25, 0.3) is 113 Å². The van der Waals surface area contributed by atoms with E-state index in [0.29, 0.717) is 65.8 Å². The van der Waals surface area contributed by atoms with Crippen molar-refractivity contribution in [2.75, 3.05) is 0 Å². The highest BCUT2D eigenvalue weighted by atomic mass is 16.5. The SMILES string of the molecule is C.Cc1ccc(-c2c3nc(c(-c4ccc(B(O)O)cc4)c4ccc([nH]4)c(-c4ccc(O[B]O)cc4)c4nc(c(-c5ccc(B(O)O)cc5)c5ccc2[nH]5)C=C4)C=C3)cc1.Cc1ccc(C2=c3ccc4n3C35n6c(ccc6C(c6ccc(O[B]O)cc6)=C6C=CC(=[N+]63)C=4c3ccc(B(O)O)cc3)C(c3ccc(B(O)O)cc3)=C3C=CC2=[N+]35)cc1. The second-order valence-electron chi connectivity index (χ2n) is 29.6. The zero-order chi connectivity index (χ0) is 79.8. The molecule has 0 saturated heterocycles. The van der Waals surface area contributed by atoms with Crippen LogP contribution in [0.2, 0.25) is 0 Å². The molecule has 13 heterocycles. The van der Waals surface area contributed by atoms with Gasteiger partial charge in [-0.05, 0) is 177 Å². The molecule has 1 unspecified atom stereocenters. The van der Waals surface area contributed by atoms with Crippen molar-refractivity contribution >= 4 is 146 Å². The van der Waals surface area contributed by atoms with Crippen LogP contribution in [0.15, 0.2) is 278 Å². The molecule has 0 saturated carbocycles. The minimum atomic E-state index is -1.61. The molecule has 8 aliphatic rings. The van der Waals surface area contributed by atoms with Crippen LogP contribution in [-0.2, 0) is 5.91 Å². The Hall–Kier alpha value is -13.5. The van der Waals surface area contributed by atoms with Crippen LogP contribution in [0.4, 0.5) is 0 Å². The summed E-state index contributed by atoms with van der Waals surface area (Å²) in [5.41, 5.74) is 30.7. The number of rotatable bonds is 16. The molecule has 12 N–H and O–H groups in total. The molecule has 0 fully saturated rings. The molecule has 2 radical (unpaired) electrons. The molecule has 0 aliphatic carbocycles. The first kappa shape index (κ1) is 74.6. The van der Waals surface area contributed by atoms with E-state index in [1.54, 1.807) is 60.7 Å². The smallest absolute Gasteiger partial charge is 0.537 e. The van der Waals surface area contributed by atoms with Crippen molar-refractivity contribution in [2.45, 2.75) is 27.2 Å². The Morgan fingerprint density at radius 3 is 0.915 bits per heavy atom. The van der Waals surface area contributed by atoms with Crippen molar-refractivity contribution in [1.29, 1.82) is 0 Å². The number of fused-ring (bicyclic) bond motifs is 8. The number of hydrogen-bond acceptors (Lipinski definition) is 14. The molecular formula is C92H70B6N8O12+2. The van der Waals surface area contributed by atoms with Crippen molar-refractivity contribution < 1.29 is 68.7 Å². The molecule has 1 atom stereocenters. The van der Waals surface area contributed by atoms with Crippen LogP contribution >= 0.6 is 0 Å². The van der Waals surface area contributed by atoms with Gasteiger partial charge in [0.1, 0.15) is 11.5 Å². The summed E-state index contributed by atoms with van der Waals surface area (Å²) in [4.78, 5) is 18.0. The van der Waals surface area contributed by atoms with Gasteiger partial charge in [-0.15, -0.1) is 0 Å². The molecule has 118 heavy (non-hydrogen) atoms. The minimum absolute atomic E-state index is 0. The molecule has 1 spiro atoms. The van der Waals surface area contributed by atoms with Crippen LogP contribution in [0, 0.1) is 13.8 Å². The molecule has 566 valence electrons. The van der Waals surface area contributed by atoms with Crippen molar-refractivity contribution in [3.8, 4) is 56.0 Å². The maximum Gasteiger partial charge on any atom is 0.569 e. The van der Waals surface area contributed by atoms with E-state index in [9.17, 15) is 50.2 Å². The molecule has 26 heteroatoms. The lowest BCUT2D eigenvalue weighted by molar-refractivity contribution is -0.834. The second kappa shape index (κ2) is 29.4. The number of allylic oxidation sites excluding steroid dienone is 4. The Bertz CT molecular complexity index is 6900. The molecular weight excluding hydrogens is 1470 g/mol. The molecule has 13 aromatic rings. The van der Waals surface area contributed by atoms with Gasteiger partial charge in [0.25, 0.3) is 0 Å². The van der Waals surface area contributed by atoms with Crippen LogP contribution in [-0.4, -0.2) is 144 Å². The van der Waals surface area contributed by atoms with E-state index in [0.717, 1.165) is 167 Å². The van der Waals surface area contributed by atoms with Gasteiger partial charge in [-0.1, -0.05) is 198 Å². The number of aryl methyl sites for hydroxylation is 2. The Balaban J connectivity index is 0.000000155. The van der Waals surface area contributed by atoms with E-state index < -0.39 is 34.4 Å². The standard InChI is InChI=1S/C46H32B3N4O6.C45H34B3N4O6.CH4/c1-26-2-4-27(5-3-26)42-34-18-20-36-43(28-6-12-31(13-7-28)48(55)56)38-22-24-40-45(30-10-16-33(17-11-30)59-47-54)41-25-23-39-44(29-8-14-32(15-9-29)49(57)58)37-21-19-35(42)51(37)46(50(34)36,52(38)40)53(39)41;1-26-2-4-27(5-3-26)42-34-18-20-36(49-34)43(28-6-12-31(13-7-28)47(54)55)38-22-24-40(51-38)45(30-10-16-33(17-11-30)58-46-53)41-25-23-39(52-41)44(37-21-19-35(42)50-37)29-8-14-32(15-9-29)48(56)57;/h2-25,54-58H,1H3;2-25,49,52-57H,1H3;1H4/q+2;;. The molecule has 8 bridgehead atoms. The van der Waals surface area contributed by atoms with Crippen LogP contribution in [0.5, 0.6) is 11.5 Å². The zero-order valence-corrected chi connectivity index (χ0v) is 62.6. The predicted octanol–water partition coefficient (Wildman–Crippen LogP) is 7.53. The number of aromatic nitrogens is 6. The number of H-pyrrole nitrogens is 2. The quantitative estimate of drug-likeness (QED) is 0.0329. The lowest BCUT2D eigenvalue weighted by Crippen LogP contribution is -2.71. The van der Waals surface area contributed by atoms with Crippen LogP contribution < -0.4 is 41.9 Å². The van der Waals surface area contributed by atoms with Gasteiger partial charge in [-0.25, -0.2) is 9.97 Å². The summed E-state index contributed by atoms with van der Waals surface area (Å²) in [5.74, 6) is -0.0375. The Labute approximate surface area is 679 Å². The lowest BCUT2D eigenvalue weighted by atomic mass is 9.79. The first-order valence-electron chi connectivity index (χ1n) is 38.1. The van der Waals surface area contributed by atoms with E-state index in [2.05, 4.69) is 139 Å². The highest BCUT2D eigenvalue weighted by Gasteiger charge is 2.73. The van der Waals surface area contributed by atoms with Gasteiger partial charge in [-0.2, -0.15) is 9.13 Å². The first-order valence-corrected chi connectivity index (χ1v) is 38.1. The van der Waals surface area contributed by atoms with Crippen molar-refractivity contribution in [3.05, 3.63) is 357 Å². The van der Waals surface area contributed by atoms with Gasteiger partial charge in [0.15, 0.2) is 0 Å². The third kappa shape index (κ3) is 12.0. The highest BCUT2D eigenvalue weighted by molar-refractivity contribution is 6.59. The van der Waals surface area contributed by atoms with Crippen molar-refractivity contribution in [1.82, 2.24) is 29.1 Å². The lowest BCUT2D eigenvalue weighted by Gasteiger charge is -2.41. The average Bonchev–Trinajstić information content (AvgIpc) is 1.44. The van der Waals surface area contributed by atoms with Gasteiger partial charge in [0.2, 0.25) is 22.8 Å². The summed E-state index contributed by atoms with van der Waals surface area (Å²) in [5, 5.41) is 100. The Kier molecular flexibility index (Phi) is 18.6. The van der Waals surface area contributed by atoms with Gasteiger partial charge < -0.3 is 69.5 Å². The molecule has 0 amide bonds. The average molecular weight is 1540 g/mol. The van der Waals surface area contributed by atoms with Crippen LogP contribution in [0.1, 0.15) is 75.0 Å². The summed E-state index contributed by atoms with van der Waals surface area (Å²) in [6.07, 6.45) is 16.8. The summed E-state index contributed by atoms with van der Waals surface area (Å²) in [6.45, 7) is 4.15. The normalized spacial score (nSPS) is 15.1. The maximum atomic E-state index is 10.0. The topological polar surface area (TPSA) is 294 Å². The fourth-order valence-electron chi connectivity index (χ4n) is 17.6. The minimum Gasteiger partial charge on any atom is -0.537 e. The van der Waals surface area contributed by atoms with E-state index in [1.165, 1.54) is 5.56 Å². The Morgan fingerprint density at radius 2 is 0.602 bits per heavy atom. The van der Waals surface area contributed by atoms with E-state index in [4.69, 9.17) is 19.3 Å². The first-order chi connectivity index (χ1) is 57.0. The van der Waals surface area contributed by atoms with Crippen molar-refractivity contribution in [3.63, 3.8) is 0 Å². The zero-order valence-electron chi connectivity index (χ0n) is 62.6. The largest absolute Gasteiger partial charge is 0.569 e. The summed E-state index contributed by atoms with van der Waals surface area (Å²) in [6, 6.07) is 78.0. The third-order valence-electron chi connectivity index (χ3n) is 22.9. The monoisotopic (exact) mass is 1540 g/mol. The molecule has 5 aromatic heterocycles. The summed E-state index contributed by atoms with van der Waals surface area (Å²) < 4.78 is 20.4. The van der Waals surface area contributed by atoms with Gasteiger partial charge in [0.05, 0.1) is 67.2 Å². The summed E-state index contributed by atoms with van der Waals surface area (Å²) >= 11 is 0. The summed E-state index contributed by atoms with van der Waals surface area (Å²) in [7, 11) is -5.06. The fourth-order valence-corrected chi connectivity index (χ4v) is 17.6. The van der Waals surface area contributed by atoms with Crippen LogP contribution in [0.3, 0.4) is 0 Å².